The Labute approximate surface area is 172 Å². The molecule has 1 amide bonds. The average Bonchev–Trinajstić information content (AvgIpc) is 2.73. The number of halogens is 1. The summed E-state index contributed by atoms with van der Waals surface area (Å²) < 4.78 is 0. The molecule has 1 fully saturated rings. The Hall–Kier alpha value is -2.11. The number of pyridine rings is 1. The zero-order valence-corrected chi connectivity index (χ0v) is 17.2. The van der Waals surface area contributed by atoms with Gasteiger partial charge in [-0.25, -0.2) is 0 Å². The fraction of sp³-hybridized carbons (Fsp3) is 0.455. The van der Waals surface area contributed by atoms with Gasteiger partial charge in [-0.2, -0.15) is 0 Å². The second-order valence-electron chi connectivity index (χ2n) is 7.51. The van der Waals surface area contributed by atoms with Crippen LogP contribution in [0.15, 0.2) is 48.8 Å². The first kappa shape index (κ1) is 20.6. The van der Waals surface area contributed by atoms with Crippen LogP contribution in [-0.2, 0) is 4.79 Å². The van der Waals surface area contributed by atoms with E-state index in [9.17, 15) is 4.79 Å². The second kappa shape index (κ2) is 10.4. The van der Waals surface area contributed by atoms with Crippen molar-refractivity contribution < 1.29 is 4.79 Å². The molecule has 0 bridgehead atoms. The number of aromatic nitrogens is 1. The molecule has 0 radical (unpaired) electrons. The van der Waals surface area contributed by atoms with Crippen molar-refractivity contribution >= 4 is 28.9 Å². The molecule has 0 unspecified atom stereocenters. The van der Waals surface area contributed by atoms with E-state index < -0.39 is 0 Å². The maximum Gasteiger partial charge on any atom is 0.225 e. The summed E-state index contributed by atoms with van der Waals surface area (Å²) in [6.07, 6.45) is 7.83. The SMILES string of the molecule is CN(CCC(=O)Nc1ccccc1Cl)CCC1CCN(c2ccncc2)CC1. The van der Waals surface area contributed by atoms with Crippen LogP contribution < -0.4 is 10.2 Å². The van der Waals surface area contributed by atoms with Crippen molar-refractivity contribution in [2.45, 2.75) is 25.7 Å². The first-order valence-corrected chi connectivity index (χ1v) is 10.4. The summed E-state index contributed by atoms with van der Waals surface area (Å²) >= 11 is 6.08. The third-order valence-electron chi connectivity index (χ3n) is 5.43. The van der Waals surface area contributed by atoms with Gasteiger partial charge in [-0.05, 0) is 63.0 Å². The summed E-state index contributed by atoms with van der Waals surface area (Å²) in [5.74, 6) is 0.767. The van der Waals surface area contributed by atoms with E-state index in [-0.39, 0.29) is 5.91 Å². The lowest BCUT2D eigenvalue weighted by Gasteiger charge is -2.34. The van der Waals surface area contributed by atoms with Gasteiger partial charge in [0.15, 0.2) is 0 Å². The molecule has 1 aromatic heterocycles. The Morgan fingerprint density at radius 3 is 2.61 bits per heavy atom. The van der Waals surface area contributed by atoms with Crippen molar-refractivity contribution in [2.24, 2.45) is 5.92 Å². The summed E-state index contributed by atoms with van der Waals surface area (Å²) in [6, 6.07) is 11.5. The van der Waals surface area contributed by atoms with Crippen LogP contribution in [0.5, 0.6) is 0 Å². The number of piperidine rings is 1. The maximum atomic E-state index is 12.1. The lowest BCUT2D eigenvalue weighted by Crippen LogP contribution is -2.35. The van der Waals surface area contributed by atoms with Crippen molar-refractivity contribution in [2.75, 3.05) is 43.4 Å². The predicted octanol–water partition coefficient (Wildman–Crippen LogP) is 4.30. The minimum Gasteiger partial charge on any atom is -0.371 e. The number of carbonyl (C=O) groups excluding carboxylic acids is 1. The molecule has 1 N–H and O–H groups in total. The van der Waals surface area contributed by atoms with E-state index in [1.54, 1.807) is 6.07 Å². The minimum absolute atomic E-state index is 0.00519. The highest BCUT2D eigenvalue weighted by Crippen LogP contribution is 2.25. The maximum absolute atomic E-state index is 12.1. The molecule has 6 heteroatoms. The van der Waals surface area contributed by atoms with Crippen LogP contribution in [0.1, 0.15) is 25.7 Å². The molecular formula is C22H29ClN4O. The Morgan fingerprint density at radius 1 is 1.18 bits per heavy atom. The van der Waals surface area contributed by atoms with Crippen molar-refractivity contribution in [3.63, 3.8) is 0 Å². The van der Waals surface area contributed by atoms with Crippen LogP contribution in [0.4, 0.5) is 11.4 Å². The molecule has 28 heavy (non-hydrogen) atoms. The monoisotopic (exact) mass is 400 g/mol. The van der Waals surface area contributed by atoms with Crippen molar-refractivity contribution in [1.82, 2.24) is 9.88 Å². The molecule has 2 aromatic rings. The highest BCUT2D eigenvalue weighted by Gasteiger charge is 2.19. The van der Waals surface area contributed by atoms with Gasteiger partial charge < -0.3 is 15.1 Å². The van der Waals surface area contributed by atoms with E-state index in [0.717, 1.165) is 32.1 Å². The number of anilines is 2. The number of nitrogens with zero attached hydrogens (tertiary/aromatic N) is 3. The van der Waals surface area contributed by atoms with Crippen LogP contribution in [-0.4, -0.2) is 49.0 Å². The van der Waals surface area contributed by atoms with Gasteiger partial charge in [0.1, 0.15) is 0 Å². The number of carbonyl (C=O) groups is 1. The number of rotatable bonds is 8. The lowest BCUT2D eigenvalue weighted by atomic mass is 9.93. The molecule has 1 aromatic carbocycles. The van der Waals surface area contributed by atoms with Crippen molar-refractivity contribution in [3.8, 4) is 0 Å². The standard InChI is InChI=1S/C22H29ClN4O/c1-26(15-11-22(28)25-21-5-3-2-4-20(21)23)14-8-18-9-16-27(17-10-18)19-6-12-24-13-7-19/h2-7,12-13,18H,8-11,14-17H2,1H3,(H,25,28). The average molecular weight is 401 g/mol. The fourth-order valence-corrected chi connectivity index (χ4v) is 3.80. The number of para-hydroxylation sites is 1. The molecule has 5 nitrogen and oxygen atoms in total. The first-order valence-electron chi connectivity index (χ1n) is 9.99. The van der Waals surface area contributed by atoms with Crippen LogP contribution in [0.25, 0.3) is 0 Å². The molecule has 0 spiro atoms. The summed E-state index contributed by atoms with van der Waals surface area (Å²) in [7, 11) is 2.09. The third-order valence-corrected chi connectivity index (χ3v) is 5.76. The quantitative estimate of drug-likeness (QED) is 0.717. The van der Waals surface area contributed by atoms with E-state index in [1.165, 1.54) is 24.9 Å². The van der Waals surface area contributed by atoms with Gasteiger partial charge in [-0.3, -0.25) is 9.78 Å². The third kappa shape index (κ3) is 6.21. The molecule has 150 valence electrons. The lowest BCUT2D eigenvalue weighted by molar-refractivity contribution is -0.116. The smallest absolute Gasteiger partial charge is 0.225 e. The van der Waals surface area contributed by atoms with Crippen LogP contribution >= 0.6 is 11.6 Å². The predicted molar refractivity (Wildman–Crippen MR) is 116 cm³/mol. The molecule has 0 atom stereocenters. The molecule has 1 saturated heterocycles. The number of amides is 1. The Kier molecular flexibility index (Phi) is 7.69. The first-order chi connectivity index (χ1) is 13.6. The van der Waals surface area contributed by atoms with Gasteiger partial charge in [0.05, 0.1) is 10.7 Å². The number of hydrogen-bond donors (Lipinski definition) is 1. The topological polar surface area (TPSA) is 48.5 Å². The number of benzene rings is 1. The van der Waals surface area contributed by atoms with Gasteiger partial charge in [0, 0.05) is 44.1 Å². The van der Waals surface area contributed by atoms with Gasteiger partial charge in [0.2, 0.25) is 5.91 Å². The molecular weight excluding hydrogens is 372 g/mol. The highest BCUT2D eigenvalue weighted by molar-refractivity contribution is 6.33. The molecule has 2 heterocycles. The second-order valence-corrected chi connectivity index (χ2v) is 7.91. The summed E-state index contributed by atoms with van der Waals surface area (Å²) in [4.78, 5) is 20.9. The minimum atomic E-state index is 0.00519. The summed E-state index contributed by atoms with van der Waals surface area (Å²) in [5.41, 5.74) is 1.95. The normalized spacial score (nSPS) is 15.0. The Bertz CT molecular complexity index is 747. The van der Waals surface area contributed by atoms with Crippen molar-refractivity contribution in [3.05, 3.63) is 53.8 Å². The Morgan fingerprint density at radius 2 is 1.89 bits per heavy atom. The van der Waals surface area contributed by atoms with E-state index in [2.05, 4.69) is 39.3 Å². The van der Waals surface area contributed by atoms with Crippen molar-refractivity contribution in [1.29, 1.82) is 0 Å². The zero-order valence-electron chi connectivity index (χ0n) is 16.5. The highest BCUT2D eigenvalue weighted by atomic mass is 35.5. The number of nitrogens with one attached hydrogen (secondary N) is 1. The molecule has 1 aliphatic rings. The van der Waals surface area contributed by atoms with Crippen LogP contribution in [0, 0.1) is 5.92 Å². The number of hydrogen-bond acceptors (Lipinski definition) is 4. The zero-order chi connectivity index (χ0) is 19.8. The summed E-state index contributed by atoms with van der Waals surface area (Å²) in [6.45, 7) is 4.00. The van der Waals surface area contributed by atoms with Crippen LogP contribution in [0.2, 0.25) is 5.02 Å². The Balaban J connectivity index is 1.32. The molecule has 0 aliphatic carbocycles. The van der Waals surface area contributed by atoms with Crippen LogP contribution in [0.3, 0.4) is 0 Å². The van der Waals surface area contributed by atoms with Gasteiger partial charge in [-0.15, -0.1) is 0 Å². The molecule has 0 saturated carbocycles. The van der Waals surface area contributed by atoms with Gasteiger partial charge in [0.25, 0.3) is 0 Å². The molecule has 1 aliphatic heterocycles. The summed E-state index contributed by atoms with van der Waals surface area (Å²) in [5, 5.41) is 3.46. The van der Waals surface area contributed by atoms with E-state index in [0.29, 0.717) is 17.1 Å². The van der Waals surface area contributed by atoms with E-state index in [4.69, 9.17) is 11.6 Å². The fourth-order valence-electron chi connectivity index (χ4n) is 3.62. The van der Waals surface area contributed by atoms with Gasteiger partial charge >= 0.3 is 0 Å². The largest absolute Gasteiger partial charge is 0.371 e. The van der Waals surface area contributed by atoms with Gasteiger partial charge in [-0.1, -0.05) is 23.7 Å². The van der Waals surface area contributed by atoms with E-state index in [1.807, 2.05) is 30.6 Å². The molecule has 3 rings (SSSR count). The van der Waals surface area contributed by atoms with E-state index >= 15 is 0 Å².